The first-order chi connectivity index (χ1) is 6.20. The number of aryl methyl sites for hydroxylation is 1. The van der Waals surface area contributed by atoms with Crippen LogP contribution in [0.25, 0.3) is 0 Å². The zero-order valence-corrected chi connectivity index (χ0v) is 7.40. The van der Waals surface area contributed by atoms with Gasteiger partial charge in [0.2, 0.25) is 0 Å². The van der Waals surface area contributed by atoms with Crippen molar-refractivity contribution >= 4 is 5.97 Å². The predicted octanol–water partition coefficient (Wildman–Crippen LogP) is 0.414. The van der Waals surface area contributed by atoms with E-state index < -0.39 is 11.5 Å². The Balaban J connectivity index is 2.40. The van der Waals surface area contributed by atoms with Gasteiger partial charge in [0.1, 0.15) is 17.7 Å². The van der Waals surface area contributed by atoms with E-state index in [1.807, 2.05) is 6.92 Å². The summed E-state index contributed by atoms with van der Waals surface area (Å²) in [6.07, 6.45) is 3.61. The molecule has 0 aliphatic heterocycles. The normalized spacial score (nSPS) is 18.5. The zero-order valence-electron chi connectivity index (χ0n) is 7.40. The van der Waals surface area contributed by atoms with Crippen molar-refractivity contribution in [3.63, 3.8) is 0 Å². The van der Waals surface area contributed by atoms with Crippen LogP contribution in [0.15, 0.2) is 6.33 Å². The van der Waals surface area contributed by atoms with Crippen LogP contribution < -0.4 is 0 Å². The van der Waals surface area contributed by atoms with Crippen molar-refractivity contribution in [2.24, 2.45) is 0 Å². The molecule has 0 amide bonds. The molecule has 13 heavy (non-hydrogen) atoms. The van der Waals surface area contributed by atoms with Crippen molar-refractivity contribution in [2.75, 3.05) is 0 Å². The summed E-state index contributed by atoms with van der Waals surface area (Å²) in [6, 6.07) is 0. The Kier molecular flexibility index (Phi) is 1.61. The number of nitrogens with zero attached hydrogens (tertiary/aromatic N) is 3. The number of aliphatic carboxylic acids is 1. The molecule has 5 heteroatoms. The maximum atomic E-state index is 11.0. The summed E-state index contributed by atoms with van der Waals surface area (Å²) in [5.41, 5.74) is -0.727. The van der Waals surface area contributed by atoms with Crippen LogP contribution in [-0.2, 0) is 16.8 Å². The minimum atomic E-state index is -0.776. The molecule has 1 aromatic heterocycles. The van der Waals surface area contributed by atoms with Crippen LogP contribution in [0.4, 0.5) is 0 Å². The lowest BCUT2D eigenvalue weighted by Gasteiger charge is -2.12. The van der Waals surface area contributed by atoms with Gasteiger partial charge in [0.15, 0.2) is 0 Å². The van der Waals surface area contributed by atoms with Gasteiger partial charge in [-0.2, -0.15) is 0 Å². The number of carboxylic acids is 1. The standard InChI is InChI=1S/C8H11N3O2/c1-2-6-10-9-5-11(6)8(3-4-8)7(12)13/h5H,2-4H2,1H3,(H,12,13). The summed E-state index contributed by atoms with van der Waals surface area (Å²) in [7, 11) is 0. The highest BCUT2D eigenvalue weighted by Gasteiger charge is 2.53. The molecule has 70 valence electrons. The van der Waals surface area contributed by atoms with Gasteiger partial charge in [-0.3, -0.25) is 0 Å². The fourth-order valence-corrected chi connectivity index (χ4v) is 1.53. The van der Waals surface area contributed by atoms with Gasteiger partial charge in [-0.15, -0.1) is 10.2 Å². The number of hydrogen-bond donors (Lipinski definition) is 1. The smallest absolute Gasteiger partial charge is 0.329 e. The molecular formula is C8H11N3O2. The maximum Gasteiger partial charge on any atom is 0.329 e. The highest BCUT2D eigenvalue weighted by atomic mass is 16.4. The second-order valence-electron chi connectivity index (χ2n) is 3.31. The molecule has 0 spiro atoms. The molecule has 5 nitrogen and oxygen atoms in total. The van der Waals surface area contributed by atoms with Gasteiger partial charge in [0.25, 0.3) is 0 Å². The third-order valence-corrected chi connectivity index (χ3v) is 2.52. The summed E-state index contributed by atoms with van der Waals surface area (Å²) >= 11 is 0. The first kappa shape index (κ1) is 8.22. The van der Waals surface area contributed by atoms with Crippen molar-refractivity contribution < 1.29 is 9.90 Å². The first-order valence-electron chi connectivity index (χ1n) is 4.33. The third kappa shape index (κ3) is 1.03. The molecule has 0 bridgehead atoms. The topological polar surface area (TPSA) is 68.0 Å². The quantitative estimate of drug-likeness (QED) is 0.733. The van der Waals surface area contributed by atoms with E-state index in [4.69, 9.17) is 5.11 Å². The Morgan fingerprint density at radius 2 is 2.46 bits per heavy atom. The fourth-order valence-electron chi connectivity index (χ4n) is 1.53. The van der Waals surface area contributed by atoms with Crippen LogP contribution in [0, 0.1) is 0 Å². The number of hydrogen-bond acceptors (Lipinski definition) is 3. The molecule has 1 N–H and O–H groups in total. The molecule has 2 rings (SSSR count). The lowest BCUT2D eigenvalue weighted by molar-refractivity contribution is -0.142. The van der Waals surface area contributed by atoms with Crippen LogP contribution in [-0.4, -0.2) is 25.8 Å². The lowest BCUT2D eigenvalue weighted by Crippen LogP contribution is -2.28. The molecule has 0 saturated heterocycles. The summed E-state index contributed by atoms with van der Waals surface area (Å²) in [5.74, 6) is -0.0260. The van der Waals surface area contributed by atoms with Crippen LogP contribution in [0.2, 0.25) is 0 Å². The molecule has 0 aromatic carbocycles. The minimum Gasteiger partial charge on any atom is -0.479 e. The Morgan fingerprint density at radius 1 is 1.77 bits per heavy atom. The van der Waals surface area contributed by atoms with Crippen LogP contribution in [0.5, 0.6) is 0 Å². The number of carbonyl (C=O) groups is 1. The molecule has 1 aromatic rings. The molecule has 0 unspecified atom stereocenters. The largest absolute Gasteiger partial charge is 0.479 e. The summed E-state index contributed by atoms with van der Waals surface area (Å²) in [6.45, 7) is 1.94. The Bertz CT molecular complexity index is 341. The average molecular weight is 181 g/mol. The molecule has 1 aliphatic carbocycles. The van der Waals surface area contributed by atoms with Crippen molar-refractivity contribution in [3.8, 4) is 0 Å². The third-order valence-electron chi connectivity index (χ3n) is 2.52. The first-order valence-corrected chi connectivity index (χ1v) is 4.33. The average Bonchev–Trinajstić information content (AvgIpc) is 2.78. The van der Waals surface area contributed by atoms with Gasteiger partial charge >= 0.3 is 5.97 Å². The van der Waals surface area contributed by atoms with E-state index in [1.54, 1.807) is 4.57 Å². The minimum absolute atomic E-state index is 0.688. The van der Waals surface area contributed by atoms with Crippen molar-refractivity contribution in [1.29, 1.82) is 0 Å². The Labute approximate surface area is 75.4 Å². The molecule has 0 radical (unpaired) electrons. The molecule has 1 heterocycles. The summed E-state index contributed by atoms with van der Waals surface area (Å²) in [4.78, 5) is 11.0. The fraction of sp³-hybridized carbons (Fsp3) is 0.625. The monoisotopic (exact) mass is 181 g/mol. The Morgan fingerprint density at radius 3 is 2.92 bits per heavy atom. The second kappa shape index (κ2) is 2.55. The number of carboxylic acid groups (broad SMARTS) is 1. The van der Waals surface area contributed by atoms with Gasteiger partial charge < -0.3 is 9.67 Å². The lowest BCUT2D eigenvalue weighted by atomic mass is 10.2. The summed E-state index contributed by atoms with van der Waals surface area (Å²) < 4.78 is 1.69. The Hall–Kier alpha value is -1.39. The highest BCUT2D eigenvalue weighted by Crippen LogP contribution is 2.44. The van der Waals surface area contributed by atoms with Crippen molar-refractivity contribution in [3.05, 3.63) is 12.2 Å². The van der Waals surface area contributed by atoms with Crippen molar-refractivity contribution in [1.82, 2.24) is 14.8 Å². The molecule has 1 saturated carbocycles. The van der Waals surface area contributed by atoms with E-state index in [1.165, 1.54) is 6.33 Å². The van der Waals surface area contributed by atoms with Crippen molar-refractivity contribution in [2.45, 2.75) is 31.7 Å². The van der Waals surface area contributed by atoms with Crippen LogP contribution in [0.1, 0.15) is 25.6 Å². The van der Waals surface area contributed by atoms with Gasteiger partial charge in [-0.1, -0.05) is 6.92 Å². The SMILES string of the molecule is CCc1nncn1C1(C(=O)O)CC1. The number of rotatable bonds is 3. The van der Waals surface area contributed by atoms with Crippen LogP contribution >= 0.6 is 0 Å². The van der Waals surface area contributed by atoms with Crippen LogP contribution in [0.3, 0.4) is 0 Å². The van der Waals surface area contributed by atoms with E-state index in [0.717, 1.165) is 12.2 Å². The molecular weight excluding hydrogens is 170 g/mol. The van der Waals surface area contributed by atoms with E-state index in [-0.39, 0.29) is 0 Å². The summed E-state index contributed by atoms with van der Waals surface area (Å²) in [5, 5.41) is 16.6. The zero-order chi connectivity index (χ0) is 9.47. The van der Waals surface area contributed by atoms with Gasteiger partial charge in [-0.05, 0) is 12.8 Å². The molecule has 1 aliphatic rings. The van der Waals surface area contributed by atoms with E-state index in [2.05, 4.69) is 10.2 Å². The van der Waals surface area contributed by atoms with E-state index >= 15 is 0 Å². The van der Waals surface area contributed by atoms with Gasteiger partial charge in [0.05, 0.1) is 0 Å². The van der Waals surface area contributed by atoms with Gasteiger partial charge in [0, 0.05) is 6.42 Å². The molecule has 1 fully saturated rings. The van der Waals surface area contributed by atoms with Gasteiger partial charge in [-0.25, -0.2) is 4.79 Å². The second-order valence-corrected chi connectivity index (χ2v) is 3.31. The maximum absolute atomic E-state index is 11.0. The van der Waals surface area contributed by atoms with E-state index in [9.17, 15) is 4.79 Å². The number of aromatic nitrogens is 3. The highest BCUT2D eigenvalue weighted by molar-refractivity contribution is 5.80. The predicted molar refractivity (Wildman–Crippen MR) is 44.2 cm³/mol. The molecule has 0 atom stereocenters. The van der Waals surface area contributed by atoms with E-state index in [0.29, 0.717) is 12.8 Å².